The Morgan fingerprint density at radius 2 is 1.76 bits per heavy atom. The van der Waals surface area contributed by atoms with Gasteiger partial charge in [-0.05, 0) is 43.0 Å². The summed E-state index contributed by atoms with van der Waals surface area (Å²) in [7, 11) is 2.06. The van der Waals surface area contributed by atoms with Crippen LogP contribution < -0.4 is 5.32 Å². The molecule has 0 aromatic carbocycles. The van der Waals surface area contributed by atoms with Crippen LogP contribution in [-0.4, -0.2) is 18.6 Å². The zero-order chi connectivity index (χ0) is 12.4. The van der Waals surface area contributed by atoms with E-state index >= 15 is 0 Å². The van der Waals surface area contributed by atoms with E-state index in [0.717, 1.165) is 6.54 Å². The quantitative estimate of drug-likeness (QED) is 0.843. The molecular weight excluding hydrogens is 208 g/mol. The van der Waals surface area contributed by atoms with E-state index in [9.17, 15) is 0 Å². The van der Waals surface area contributed by atoms with Gasteiger partial charge < -0.3 is 5.32 Å². The number of pyridine rings is 1. The number of hydrogen-bond acceptors (Lipinski definition) is 2. The van der Waals surface area contributed by atoms with Crippen molar-refractivity contribution in [2.75, 3.05) is 13.6 Å². The van der Waals surface area contributed by atoms with Crippen LogP contribution in [-0.2, 0) is 5.41 Å². The average Bonchev–Trinajstić information content (AvgIpc) is 2.35. The van der Waals surface area contributed by atoms with Crippen molar-refractivity contribution >= 4 is 0 Å². The van der Waals surface area contributed by atoms with Crippen LogP contribution in [0, 0.1) is 5.41 Å². The van der Waals surface area contributed by atoms with Gasteiger partial charge in [-0.25, -0.2) is 0 Å². The molecule has 0 bridgehead atoms. The number of nitrogens with one attached hydrogen (secondary N) is 1. The zero-order valence-corrected chi connectivity index (χ0v) is 11.3. The first-order chi connectivity index (χ1) is 8.20. The van der Waals surface area contributed by atoms with Gasteiger partial charge in [0.2, 0.25) is 0 Å². The molecule has 1 saturated carbocycles. The van der Waals surface area contributed by atoms with Crippen molar-refractivity contribution < 1.29 is 0 Å². The van der Waals surface area contributed by atoms with Gasteiger partial charge >= 0.3 is 0 Å². The van der Waals surface area contributed by atoms with E-state index in [0.29, 0.717) is 10.8 Å². The summed E-state index contributed by atoms with van der Waals surface area (Å²) in [5.74, 6) is 0. The highest BCUT2D eigenvalue weighted by Crippen LogP contribution is 2.58. The molecule has 94 valence electrons. The molecule has 2 rings (SSSR count). The Bertz CT molecular complexity index is 346. The van der Waals surface area contributed by atoms with Gasteiger partial charge in [-0.3, -0.25) is 4.98 Å². The first-order valence-electron chi connectivity index (χ1n) is 6.75. The summed E-state index contributed by atoms with van der Waals surface area (Å²) in [5.41, 5.74) is 2.39. The first kappa shape index (κ1) is 12.6. The molecule has 1 aromatic heterocycles. The highest BCUT2D eigenvalue weighted by Gasteiger charge is 2.52. The number of hydrogen-bond donors (Lipinski definition) is 1. The van der Waals surface area contributed by atoms with E-state index in [1.807, 2.05) is 12.4 Å². The van der Waals surface area contributed by atoms with Crippen molar-refractivity contribution in [3.8, 4) is 0 Å². The lowest BCUT2D eigenvalue weighted by Crippen LogP contribution is -2.54. The van der Waals surface area contributed by atoms with Crippen molar-refractivity contribution in [3.63, 3.8) is 0 Å². The van der Waals surface area contributed by atoms with Crippen LogP contribution in [0.15, 0.2) is 24.5 Å². The molecule has 0 saturated heterocycles. The third-order valence-electron chi connectivity index (χ3n) is 4.73. The third-order valence-corrected chi connectivity index (χ3v) is 4.73. The Kier molecular flexibility index (Phi) is 3.53. The van der Waals surface area contributed by atoms with Crippen LogP contribution in [0.2, 0.25) is 0 Å². The lowest BCUT2D eigenvalue weighted by Gasteiger charge is -2.57. The maximum Gasteiger partial charge on any atom is 0.0270 e. The normalized spacial score (nSPS) is 20.9. The monoisotopic (exact) mass is 232 g/mol. The topological polar surface area (TPSA) is 24.9 Å². The molecule has 1 heterocycles. The van der Waals surface area contributed by atoms with E-state index < -0.39 is 0 Å². The molecule has 1 N–H and O–H groups in total. The summed E-state index contributed by atoms with van der Waals surface area (Å²) in [5, 5.41) is 3.37. The minimum absolute atomic E-state index is 0.351. The molecule has 17 heavy (non-hydrogen) atoms. The molecule has 2 nitrogen and oxygen atoms in total. The molecule has 0 unspecified atom stereocenters. The smallest absolute Gasteiger partial charge is 0.0270 e. The van der Waals surface area contributed by atoms with Crippen molar-refractivity contribution in [1.29, 1.82) is 0 Å². The Hall–Kier alpha value is -0.890. The molecule has 0 radical (unpaired) electrons. The third kappa shape index (κ3) is 2.11. The summed E-state index contributed by atoms with van der Waals surface area (Å²) < 4.78 is 0. The summed E-state index contributed by atoms with van der Waals surface area (Å²) in [4.78, 5) is 4.13. The van der Waals surface area contributed by atoms with Gasteiger partial charge in [0.05, 0.1) is 0 Å². The number of rotatable bonds is 5. The second-order valence-corrected chi connectivity index (χ2v) is 5.61. The van der Waals surface area contributed by atoms with Gasteiger partial charge in [-0.15, -0.1) is 0 Å². The van der Waals surface area contributed by atoms with Gasteiger partial charge in [-0.2, -0.15) is 0 Å². The van der Waals surface area contributed by atoms with E-state index in [1.54, 1.807) is 0 Å². The average molecular weight is 232 g/mol. The molecule has 0 spiro atoms. The van der Waals surface area contributed by atoms with Crippen molar-refractivity contribution in [1.82, 2.24) is 10.3 Å². The van der Waals surface area contributed by atoms with Crippen molar-refractivity contribution in [3.05, 3.63) is 30.1 Å². The molecule has 1 aromatic rings. The lowest BCUT2D eigenvalue weighted by atomic mass is 9.48. The molecular formula is C15H24N2. The summed E-state index contributed by atoms with van der Waals surface area (Å²) >= 11 is 0. The lowest BCUT2D eigenvalue weighted by molar-refractivity contribution is 0.0140. The molecule has 1 fully saturated rings. The van der Waals surface area contributed by atoms with E-state index in [-0.39, 0.29) is 0 Å². The largest absolute Gasteiger partial charge is 0.319 e. The van der Waals surface area contributed by atoms with Gasteiger partial charge in [0.25, 0.3) is 0 Å². The predicted octanol–water partition coefficient (Wildman–Crippen LogP) is 3.14. The predicted molar refractivity (Wildman–Crippen MR) is 72.1 cm³/mol. The second-order valence-electron chi connectivity index (χ2n) is 5.61. The Labute approximate surface area is 105 Å². The minimum Gasteiger partial charge on any atom is -0.319 e. The molecule has 0 aliphatic heterocycles. The Morgan fingerprint density at radius 3 is 2.24 bits per heavy atom. The number of aromatic nitrogens is 1. The van der Waals surface area contributed by atoms with Crippen LogP contribution in [0.3, 0.4) is 0 Å². The van der Waals surface area contributed by atoms with Crippen LogP contribution in [0.25, 0.3) is 0 Å². The Morgan fingerprint density at radius 1 is 1.18 bits per heavy atom. The maximum absolute atomic E-state index is 4.13. The first-order valence-corrected chi connectivity index (χ1v) is 6.75. The van der Waals surface area contributed by atoms with Gasteiger partial charge in [0, 0.05) is 24.4 Å². The van der Waals surface area contributed by atoms with Crippen LogP contribution in [0.1, 0.15) is 45.1 Å². The fourth-order valence-corrected chi connectivity index (χ4v) is 3.61. The fraction of sp³-hybridized carbons (Fsp3) is 0.667. The van der Waals surface area contributed by atoms with Crippen molar-refractivity contribution in [2.24, 2.45) is 5.41 Å². The molecule has 1 aliphatic rings. The highest BCUT2D eigenvalue weighted by molar-refractivity contribution is 5.29. The summed E-state index contributed by atoms with van der Waals surface area (Å²) in [6, 6.07) is 4.37. The standard InChI is InChI=1S/C15H24N2/c1-4-14(5-2)10-15(11-14,12-16-3)13-6-8-17-9-7-13/h6-9,16H,4-5,10-12H2,1-3H3. The molecule has 0 atom stereocenters. The van der Waals surface area contributed by atoms with Gasteiger partial charge in [-0.1, -0.05) is 26.7 Å². The van der Waals surface area contributed by atoms with E-state index in [4.69, 9.17) is 0 Å². The summed E-state index contributed by atoms with van der Waals surface area (Å²) in [6.45, 7) is 5.75. The van der Waals surface area contributed by atoms with Crippen LogP contribution in [0.4, 0.5) is 0 Å². The SMILES string of the molecule is CCC1(CC)CC(CNC)(c2ccncc2)C1. The molecule has 2 heteroatoms. The summed E-state index contributed by atoms with van der Waals surface area (Å²) in [6.07, 6.45) is 9.09. The van der Waals surface area contributed by atoms with Crippen LogP contribution >= 0.6 is 0 Å². The molecule has 1 aliphatic carbocycles. The second kappa shape index (κ2) is 4.77. The highest BCUT2D eigenvalue weighted by atomic mass is 14.8. The number of likely N-dealkylation sites (N-methyl/N-ethyl adjacent to an activating group) is 1. The van der Waals surface area contributed by atoms with Gasteiger partial charge in [0.1, 0.15) is 0 Å². The van der Waals surface area contributed by atoms with E-state index in [1.165, 1.54) is 31.2 Å². The molecule has 0 amide bonds. The maximum atomic E-state index is 4.13. The van der Waals surface area contributed by atoms with Crippen molar-refractivity contribution in [2.45, 2.75) is 44.9 Å². The van der Waals surface area contributed by atoms with Crippen LogP contribution in [0.5, 0.6) is 0 Å². The fourth-order valence-electron chi connectivity index (χ4n) is 3.61. The van der Waals surface area contributed by atoms with E-state index in [2.05, 4.69) is 43.3 Å². The minimum atomic E-state index is 0.351. The van der Waals surface area contributed by atoms with Gasteiger partial charge in [0.15, 0.2) is 0 Å². The Balaban J connectivity index is 2.21. The zero-order valence-electron chi connectivity index (χ0n) is 11.3. The number of nitrogens with zero attached hydrogens (tertiary/aromatic N) is 1.